The van der Waals surface area contributed by atoms with Crippen LogP contribution in [-0.4, -0.2) is 35.0 Å². The average molecular weight is 281 g/mol. The van der Waals surface area contributed by atoms with Gasteiger partial charge in [-0.2, -0.15) is 0 Å². The first-order chi connectivity index (χ1) is 9.22. The molecule has 3 rings (SSSR count). The number of thiophene rings is 1. The van der Waals surface area contributed by atoms with E-state index < -0.39 is 0 Å². The predicted molar refractivity (Wildman–Crippen MR) is 75.4 cm³/mol. The van der Waals surface area contributed by atoms with Gasteiger partial charge in [-0.1, -0.05) is 11.3 Å². The van der Waals surface area contributed by atoms with E-state index >= 15 is 0 Å². The van der Waals surface area contributed by atoms with Gasteiger partial charge >= 0.3 is 5.00 Å². The zero-order valence-corrected chi connectivity index (χ0v) is 11.7. The highest BCUT2D eigenvalue weighted by molar-refractivity contribution is 7.13. The van der Waals surface area contributed by atoms with Gasteiger partial charge in [0.2, 0.25) is 0 Å². The zero-order valence-electron chi connectivity index (χ0n) is 10.9. The summed E-state index contributed by atoms with van der Waals surface area (Å²) in [6.07, 6.45) is 5.10. The molecule has 3 heterocycles. The van der Waals surface area contributed by atoms with Crippen molar-refractivity contribution in [3.05, 3.63) is 27.1 Å². The van der Waals surface area contributed by atoms with Crippen LogP contribution in [0.1, 0.15) is 31.2 Å². The summed E-state index contributed by atoms with van der Waals surface area (Å²) in [4.78, 5) is 12.9. The lowest BCUT2D eigenvalue weighted by molar-refractivity contribution is -0.380. The molecule has 5 nitrogen and oxygen atoms in total. The molecule has 19 heavy (non-hydrogen) atoms. The number of nitro groups is 1. The lowest BCUT2D eigenvalue weighted by Gasteiger charge is -2.35. The molecule has 2 fully saturated rings. The molecular formula is C13H19N3O2S. The summed E-state index contributed by atoms with van der Waals surface area (Å²) in [6, 6.07) is 3.02. The second-order valence-corrected chi connectivity index (χ2v) is 6.37. The number of hydrogen-bond acceptors (Lipinski definition) is 5. The Kier molecular flexibility index (Phi) is 3.81. The Morgan fingerprint density at radius 2 is 2.37 bits per heavy atom. The lowest BCUT2D eigenvalue weighted by atomic mass is 9.97. The number of nitrogens with one attached hydrogen (secondary N) is 1. The number of fused-ring (bicyclic) bond motifs is 1. The van der Waals surface area contributed by atoms with Crippen LogP contribution >= 0.6 is 11.3 Å². The molecule has 6 heteroatoms. The summed E-state index contributed by atoms with van der Waals surface area (Å²) in [5.74, 6) is 0. The zero-order chi connectivity index (χ0) is 13.2. The van der Waals surface area contributed by atoms with Crippen molar-refractivity contribution in [2.75, 3.05) is 13.1 Å². The Balaban J connectivity index is 1.50. The van der Waals surface area contributed by atoms with Crippen molar-refractivity contribution in [3.63, 3.8) is 0 Å². The molecule has 1 N–H and O–H groups in total. The van der Waals surface area contributed by atoms with Crippen LogP contribution in [0.3, 0.4) is 0 Å². The van der Waals surface area contributed by atoms with E-state index in [0.29, 0.717) is 6.04 Å². The van der Waals surface area contributed by atoms with Gasteiger partial charge in [0.1, 0.15) is 0 Å². The summed E-state index contributed by atoms with van der Waals surface area (Å²) in [7, 11) is 0. The van der Waals surface area contributed by atoms with Gasteiger partial charge in [-0.25, -0.2) is 0 Å². The van der Waals surface area contributed by atoms with E-state index in [9.17, 15) is 10.1 Å². The highest BCUT2D eigenvalue weighted by atomic mass is 32.1. The topological polar surface area (TPSA) is 58.4 Å². The maximum atomic E-state index is 10.6. The smallest absolute Gasteiger partial charge is 0.310 e. The van der Waals surface area contributed by atoms with Gasteiger partial charge < -0.3 is 10.2 Å². The maximum absolute atomic E-state index is 10.6. The molecule has 2 aliphatic heterocycles. The van der Waals surface area contributed by atoms with E-state index in [1.54, 1.807) is 6.07 Å². The first-order valence-corrected chi connectivity index (χ1v) is 7.79. The predicted octanol–water partition coefficient (Wildman–Crippen LogP) is 2.37. The van der Waals surface area contributed by atoms with Crippen molar-refractivity contribution in [1.29, 1.82) is 0 Å². The van der Waals surface area contributed by atoms with Gasteiger partial charge in [0, 0.05) is 30.1 Å². The normalized spacial score (nSPS) is 27.4. The molecule has 2 atom stereocenters. The number of nitrogens with zero attached hydrogens (tertiary/aromatic N) is 2. The van der Waals surface area contributed by atoms with Crippen LogP contribution in [0.25, 0.3) is 0 Å². The fourth-order valence-electron chi connectivity index (χ4n) is 3.22. The van der Waals surface area contributed by atoms with Gasteiger partial charge in [-0.05, 0) is 44.3 Å². The van der Waals surface area contributed by atoms with E-state index in [2.05, 4.69) is 10.2 Å². The minimum absolute atomic E-state index is 0.238. The molecule has 0 aliphatic carbocycles. The van der Waals surface area contributed by atoms with Crippen molar-refractivity contribution in [2.45, 2.75) is 44.3 Å². The van der Waals surface area contributed by atoms with E-state index in [1.807, 2.05) is 5.38 Å². The van der Waals surface area contributed by atoms with Crippen molar-refractivity contribution >= 4 is 16.3 Å². The second-order valence-electron chi connectivity index (χ2n) is 5.48. The van der Waals surface area contributed by atoms with Crippen LogP contribution in [-0.2, 0) is 6.54 Å². The highest BCUT2D eigenvalue weighted by Gasteiger charge is 2.31. The summed E-state index contributed by atoms with van der Waals surface area (Å²) >= 11 is 1.21. The fourth-order valence-corrected chi connectivity index (χ4v) is 3.95. The standard InChI is InChI=1S/C13H19N3O2S/c17-16(18)13-6-10(9-19-13)8-14-11-3-5-15-4-1-2-12(15)7-11/h6,9,11-12,14H,1-5,7-8H2. The Morgan fingerprint density at radius 3 is 3.16 bits per heavy atom. The van der Waals surface area contributed by atoms with Crippen molar-refractivity contribution in [3.8, 4) is 0 Å². The van der Waals surface area contributed by atoms with Crippen LogP contribution in [0.2, 0.25) is 0 Å². The van der Waals surface area contributed by atoms with Crippen molar-refractivity contribution in [1.82, 2.24) is 10.2 Å². The molecule has 2 saturated heterocycles. The quantitative estimate of drug-likeness (QED) is 0.680. The second kappa shape index (κ2) is 5.56. The molecule has 1 aromatic rings. The largest absolute Gasteiger partial charge is 0.324 e. The Hall–Kier alpha value is -0.980. The summed E-state index contributed by atoms with van der Waals surface area (Å²) < 4.78 is 0. The third kappa shape index (κ3) is 2.96. The first kappa shape index (κ1) is 13.0. The Labute approximate surface area is 116 Å². The molecule has 0 spiro atoms. The third-order valence-electron chi connectivity index (χ3n) is 4.24. The van der Waals surface area contributed by atoms with E-state index in [0.717, 1.165) is 18.2 Å². The number of rotatable bonds is 4. The van der Waals surface area contributed by atoms with Crippen LogP contribution in [0.5, 0.6) is 0 Å². The van der Waals surface area contributed by atoms with Crippen LogP contribution in [0.15, 0.2) is 11.4 Å². The van der Waals surface area contributed by atoms with Gasteiger partial charge in [0.25, 0.3) is 0 Å². The van der Waals surface area contributed by atoms with Gasteiger partial charge in [-0.3, -0.25) is 10.1 Å². The Bertz CT molecular complexity index is 462. The highest BCUT2D eigenvalue weighted by Crippen LogP contribution is 2.27. The molecule has 0 radical (unpaired) electrons. The molecule has 0 bridgehead atoms. The van der Waals surface area contributed by atoms with Gasteiger partial charge in [0.05, 0.1) is 4.92 Å². The van der Waals surface area contributed by atoms with E-state index in [1.165, 1.54) is 50.1 Å². The number of hydrogen-bond donors (Lipinski definition) is 1. The summed E-state index contributed by atoms with van der Waals surface area (Å²) in [5.41, 5.74) is 1.03. The minimum atomic E-state index is -0.314. The molecule has 1 aromatic heterocycles. The van der Waals surface area contributed by atoms with E-state index in [4.69, 9.17) is 0 Å². The molecule has 2 aliphatic rings. The van der Waals surface area contributed by atoms with Crippen LogP contribution < -0.4 is 5.32 Å². The maximum Gasteiger partial charge on any atom is 0.324 e. The molecule has 104 valence electrons. The number of piperidine rings is 1. The van der Waals surface area contributed by atoms with Crippen LogP contribution in [0, 0.1) is 10.1 Å². The average Bonchev–Trinajstić information content (AvgIpc) is 3.04. The van der Waals surface area contributed by atoms with Gasteiger partial charge in [-0.15, -0.1) is 0 Å². The lowest BCUT2D eigenvalue weighted by Crippen LogP contribution is -2.45. The molecule has 0 amide bonds. The fraction of sp³-hybridized carbons (Fsp3) is 0.692. The molecule has 0 aromatic carbocycles. The van der Waals surface area contributed by atoms with E-state index in [-0.39, 0.29) is 9.92 Å². The third-order valence-corrected chi connectivity index (χ3v) is 5.16. The first-order valence-electron chi connectivity index (χ1n) is 6.91. The van der Waals surface area contributed by atoms with Crippen LogP contribution in [0.4, 0.5) is 5.00 Å². The summed E-state index contributed by atoms with van der Waals surface area (Å²) in [6.45, 7) is 3.22. The van der Waals surface area contributed by atoms with Crippen molar-refractivity contribution in [2.24, 2.45) is 0 Å². The molecule has 0 saturated carbocycles. The molecule has 2 unspecified atom stereocenters. The minimum Gasteiger partial charge on any atom is -0.310 e. The van der Waals surface area contributed by atoms with Gasteiger partial charge in [0.15, 0.2) is 0 Å². The monoisotopic (exact) mass is 281 g/mol. The Morgan fingerprint density at radius 1 is 1.47 bits per heavy atom. The summed E-state index contributed by atoms with van der Waals surface area (Å²) in [5, 5.41) is 16.3. The molecular weight excluding hydrogens is 262 g/mol. The SMILES string of the molecule is O=[N+]([O-])c1cc(CNC2CCN3CCCC3C2)cs1. The van der Waals surface area contributed by atoms with Crippen molar-refractivity contribution < 1.29 is 4.92 Å².